The van der Waals surface area contributed by atoms with E-state index in [0.717, 1.165) is 18.0 Å². The Morgan fingerprint density at radius 1 is 1.42 bits per heavy atom. The molecule has 3 heteroatoms. The van der Waals surface area contributed by atoms with Crippen LogP contribution in [-0.2, 0) is 0 Å². The molecule has 1 fully saturated rings. The van der Waals surface area contributed by atoms with Crippen LogP contribution in [0.25, 0.3) is 0 Å². The third-order valence-corrected chi connectivity index (χ3v) is 4.80. The summed E-state index contributed by atoms with van der Waals surface area (Å²) in [6.45, 7) is 5.28. The molecular formula is C16H23BrFN. The van der Waals surface area contributed by atoms with Crippen LogP contribution in [0.5, 0.6) is 0 Å². The van der Waals surface area contributed by atoms with Gasteiger partial charge in [0.25, 0.3) is 0 Å². The van der Waals surface area contributed by atoms with Crippen molar-refractivity contribution in [3.63, 3.8) is 0 Å². The van der Waals surface area contributed by atoms with Gasteiger partial charge in [-0.3, -0.25) is 0 Å². The lowest BCUT2D eigenvalue weighted by molar-refractivity contribution is 0.222. The molecule has 3 unspecified atom stereocenters. The van der Waals surface area contributed by atoms with Crippen LogP contribution in [0, 0.1) is 17.7 Å². The molecule has 1 aromatic carbocycles. The normalized spacial score (nSPS) is 25.3. The standard InChI is InChI=1S/C16H23BrFN/c1-3-19-16(12-7-4-6-11(2)10-12)13-8-5-9-14(17)15(13)18/h5,8-9,11-12,16,19H,3-4,6-7,10H2,1-2H3. The summed E-state index contributed by atoms with van der Waals surface area (Å²) in [5.41, 5.74) is 0.815. The Bertz CT molecular complexity index is 421. The summed E-state index contributed by atoms with van der Waals surface area (Å²) in [4.78, 5) is 0. The molecule has 2 rings (SSSR count). The summed E-state index contributed by atoms with van der Waals surface area (Å²) in [6, 6.07) is 5.77. The largest absolute Gasteiger partial charge is 0.310 e. The van der Waals surface area contributed by atoms with Crippen molar-refractivity contribution in [2.24, 2.45) is 11.8 Å². The summed E-state index contributed by atoms with van der Waals surface area (Å²) in [6.07, 6.45) is 4.98. The summed E-state index contributed by atoms with van der Waals surface area (Å²) in [5, 5.41) is 3.50. The molecule has 1 aliphatic carbocycles. The number of hydrogen-bond acceptors (Lipinski definition) is 1. The molecule has 1 aromatic rings. The van der Waals surface area contributed by atoms with Crippen molar-refractivity contribution < 1.29 is 4.39 Å². The first kappa shape index (κ1) is 15.0. The minimum absolute atomic E-state index is 0.105. The summed E-state index contributed by atoms with van der Waals surface area (Å²) in [7, 11) is 0. The van der Waals surface area contributed by atoms with Crippen LogP contribution in [0.1, 0.15) is 51.1 Å². The van der Waals surface area contributed by atoms with Gasteiger partial charge < -0.3 is 5.32 Å². The maximum absolute atomic E-state index is 14.3. The minimum atomic E-state index is -0.105. The summed E-state index contributed by atoms with van der Waals surface area (Å²) in [5.74, 6) is 1.20. The van der Waals surface area contributed by atoms with Crippen LogP contribution in [-0.4, -0.2) is 6.54 Å². The van der Waals surface area contributed by atoms with Gasteiger partial charge in [0.05, 0.1) is 4.47 Å². The van der Waals surface area contributed by atoms with Gasteiger partial charge in [0.15, 0.2) is 0 Å². The lowest BCUT2D eigenvalue weighted by atomic mass is 9.76. The first-order chi connectivity index (χ1) is 9.13. The number of benzene rings is 1. The first-order valence-corrected chi connectivity index (χ1v) is 8.10. The summed E-state index contributed by atoms with van der Waals surface area (Å²) >= 11 is 3.30. The highest BCUT2D eigenvalue weighted by Gasteiger charge is 2.29. The number of rotatable bonds is 4. The smallest absolute Gasteiger partial charge is 0.142 e. The third kappa shape index (κ3) is 3.57. The molecule has 19 heavy (non-hydrogen) atoms. The highest BCUT2D eigenvalue weighted by Crippen LogP contribution is 2.38. The molecule has 1 nitrogen and oxygen atoms in total. The Morgan fingerprint density at radius 3 is 2.89 bits per heavy atom. The van der Waals surface area contributed by atoms with Crippen LogP contribution in [0.2, 0.25) is 0 Å². The van der Waals surface area contributed by atoms with Crippen molar-refractivity contribution in [1.29, 1.82) is 0 Å². The van der Waals surface area contributed by atoms with E-state index in [1.807, 2.05) is 12.1 Å². The van der Waals surface area contributed by atoms with E-state index in [-0.39, 0.29) is 11.9 Å². The van der Waals surface area contributed by atoms with Crippen molar-refractivity contribution >= 4 is 15.9 Å². The van der Waals surface area contributed by atoms with Crippen molar-refractivity contribution in [2.45, 2.75) is 45.6 Å². The summed E-state index contributed by atoms with van der Waals surface area (Å²) < 4.78 is 14.9. The van der Waals surface area contributed by atoms with Gasteiger partial charge in [0, 0.05) is 11.6 Å². The number of halogens is 2. The molecule has 0 aliphatic heterocycles. The van der Waals surface area contributed by atoms with Crippen LogP contribution in [0.4, 0.5) is 4.39 Å². The van der Waals surface area contributed by atoms with E-state index in [2.05, 4.69) is 35.1 Å². The Kier molecular flexibility index (Phi) is 5.40. The van der Waals surface area contributed by atoms with E-state index in [9.17, 15) is 4.39 Å². The van der Waals surface area contributed by atoms with E-state index in [0.29, 0.717) is 10.4 Å². The van der Waals surface area contributed by atoms with Crippen LogP contribution in [0.15, 0.2) is 22.7 Å². The lowest BCUT2D eigenvalue weighted by Crippen LogP contribution is -2.32. The zero-order valence-corrected chi connectivity index (χ0v) is 13.3. The quantitative estimate of drug-likeness (QED) is 0.814. The molecule has 106 valence electrons. The molecule has 0 bridgehead atoms. The molecule has 1 saturated carbocycles. The highest BCUT2D eigenvalue weighted by molar-refractivity contribution is 9.10. The van der Waals surface area contributed by atoms with Gasteiger partial charge in [-0.1, -0.05) is 38.8 Å². The van der Waals surface area contributed by atoms with Crippen molar-refractivity contribution in [3.8, 4) is 0 Å². The van der Waals surface area contributed by atoms with Crippen LogP contribution >= 0.6 is 15.9 Å². The average molecular weight is 328 g/mol. The predicted octanol–water partition coefficient (Wildman–Crippen LogP) is 5.07. The molecule has 0 amide bonds. The van der Waals surface area contributed by atoms with Crippen LogP contribution < -0.4 is 5.32 Å². The van der Waals surface area contributed by atoms with E-state index in [4.69, 9.17) is 0 Å². The van der Waals surface area contributed by atoms with Gasteiger partial charge in [0.1, 0.15) is 5.82 Å². The molecular weight excluding hydrogens is 305 g/mol. The molecule has 1 N–H and O–H groups in total. The number of nitrogens with one attached hydrogen (secondary N) is 1. The van der Waals surface area contributed by atoms with E-state index >= 15 is 0 Å². The Hall–Kier alpha value is -0.410. The molecule has 0 radical (unpaired) electrons. The Labute approximate surface area is 124 Å². The highest BCUT2D eigenvalue weighted by atomic mass is 79.9. The van der Waals surface area contributed by atoms with E-state index in [1.54, 1.807) is 6.07 Å². The molecule has 0 saturated heterocycles. The van der Waals surface area contributed by atoms with E-state index < -0.39 is 0 Å². The fourth-order valence-corrected chi connectivity index (χ4v) is 3.68. The predicted molar refractivity (Wildman–Crippen MR) is 81.6 cm³/mol. The monoisotopic (exact) mass is 327 g/mol. The molecule has 0 heterocycles. The Morgan fingerprint density at radius 2 is 2.21 bits per heavy atom. The fraction of sp³-hybridized carbons (Fsp3) is 0.625. The second-order valence-electron chi connectivity index (χ2n) is 5.71. The number of hydrogen-bond donors (Lipinski definition) is 1. The molecule has 3 atom stereocenters. The fourth-order valence-electron chi connectivity index (χ4n) is 3.29. The minimum Gasteiger partial charge on any atom is -0.310 e. The molecule has 0 spiro atoms. The lowest BCUT2D eigenvalue weighted by Gasteiger charge is -2.34. The van der Waals surface area contributed by atoms with Crippen LogP contribution in [0.3, 0.4) is 0 Å². The zero-order valence-electron chi connectivity index (χ0n) is 11.8. The second kappa shape index (κ2) is 6.85. The van der Waals surface area contributed by atoms with Crippen molar-refractivity contribution in [3.05, 3.63) is 34.1 Å². The first-order valence-electron chi connectivity index (χ1n) is 7.30. The third-order valence-electron chi connectivity index (χ3n) is 4.19. The van der Waals surface area contributed by atoms with Gasteiger partial charge in [-0.2, -0.15) is 0 Å². The van der Waals surface area contributed by atoms with E-state index in [1.165, 1.54) is 25.7 Å². The van der Waals surface area contributed by atoms with Crippen molar-refractivity contribution in [1.82, 2.24) is 5.32 Å². The Balaban J connectivity index is 2.26. The topological polar surface area (TPSA) is 12.0 Å². The molecule has 1 aliphatic rings. The van der Waals surface area contributed by atoms with Crippen molar-refractivity contribution in [2.75, 3.05) is 6.54 Å². The zero-order chi connectivity index (χ0) is 13.8. The maximum atomic E-state index is 14.3. The molecule has 0 aromatic heterocycles. The van der Waals surface area contributed by atoms with Gasteiger partial charge in [-0.15, -0.1) is 0 Å². The SMILES string of the molecule is CCNC(c1cccc(Br)c1F)C1CCCC(C)C1. The van der Waals surface area contributed by atoms with Gasteiger partial charge in [0.2, 0.25) is 0 Å². The maximum Gasteiger partial charge on any atom is 0.142 e. The van der Waals surface area contributed by atoms with Gasteiger partial charge in [-0.25, -0.2) is 4.39 Å². The van der Waals surface area contributed by atoms with Gasteiger partial charge in [-0.05, 0) is 53.2 Å². The van der Waals surface area contributed by atoms with Gasteiger partial charge >= 0.3 is 0 Å². The second-order valence-corrected chi connectivity index (χ2v) is 6.56. The average Bonchev–Trinajstić information content (AvgIpc) is 2.40.